The number of anilines is 2. The van der Waals surface area contributed by atoms with Crippen molar-refractivity contribution in [1.29, 1.82) is 0 Å². The van der Waals surface area contributed by atoms with Gasteiger partial charge in [-0.15, -0.1) is 6.42 Å². The quantitative estimate of drug-likeness (QED) is 0.0295. The first-order chi connectivity index (χ1) is 38.8. The fourth-order valence-corrected chi connectivity index (χ4v) is 12.7. The van der Waals surface area contributed by atoms with Gasteiger partial charge in [-0.05, 0) is 100 Å². The summed E-state index contributed by atoms with van der Waals surface area (Å²) in [6, 6.07) is 9.09. The van der Waals surface area contributed by atoms with Gasteiger partial charge in [0.2, 0.25) is 11.8 Å². The Morgan fingerprint density at radius 3 is 2.50 bits per heavy atom. The van der Waals surface area contributed by atoms with E-state index in [1.54, 1.807) is 24.3 Å². The third-order valence-corrected chi connectivity index (χ3v) is 16.5. The van der Waals surface area contributed by atoms with Gasteiger partial charge in [-0.2, -0.15) is 9.97 Å². The number of piperazine rings is 1. The molecule has 8 heterocycles. The number of alkyl carbamates (subject to hydrolysis) is 1. The number of methoxy groups -OCH3 is 1. The van der Waals surface area contributed by atoms with Crippen LogP contribution in [0.3, 0.4) is 0 Å². The highest BCUT2D eigenvalue weighted by atomic mass is 19.1. The second-order valence-electron chi connectivity index (χ2n) is 21.2. The van der Waals surface area contributed by atoms with E-state index in [0.29, 0.717) is 68.1 Å². The lowest BCUT2D eigenvalue weighted by molar-refractivity contribution is -0.136. The van der Waals surface area contributed by atoms with E-state index in [0.717, 1.165) is 56.4 Å². The number of benzene rings is 3. The molecule has 6 aliphatic heterocycles. The van der Waals surface area contributed by atoms with E-state index in [4.69, 9.17) is 35.3 Å². The SMILES string of the molecule is C#Cc1c(F)ccc2cc(OCOC)cc(-c3ncc4c(N5CC6CCC(C5)N6C(=O)O)nc(OCC56CCCN5C(COC(=O)NCCCCCCNc5cccc7c5C(=O)N(C5CCC(=O)NC5=O)C7=O)CC6)nc4c3F)c12. The average molecular weight is 1100 g/mol. The molecular weight excluding hydrogens is 1040 g/mol. The number of ether oxygens (including phenoxy) is 4. The van der Waals surface area contributed by atoms with Crippen LogP contribution in [0.25, 0.3) is 32.9 Å². The third-order valence-electron chi connectivity index (χ3n) is 16.5. The van der Waals surface area contributed by atoms with Gasteiger partial charge in [-0.1, -0.05) is 30.9 Å². The molecule has 5 atom stereocenters. The molecule has 5 fully saturated rings. The number of aromatic nitrogens is 3. The normalized spacial score (nSPS) is 22.4. The van der Waals surface area contributed by atoms with Gasteiger partial charge in [0.15, 0.2) is 12.6 Å². The van der Waals surface area contributed by atoms with E-state index in [1.165, 1.54) is 36.4 Å². The van der Waals surface area contributed by atoms with E-state index in [9.17, 15) is 33.9 Å². The number of unbranched alkanes of at least 4 members (excludes halogenated alkanes) is 3. The minimum Gasteiger partial charge on any atom is -0.468 e. The van der Waals surface area contributed by atoms with Crippen LogP contribution in [0, 0.1) is 24.0 Å². The molecule has 2 bridgehead atoms. The maximum absolute atomic E-state index is 17.5. The molecule has 418 valence electrons. The van der Waals surface area contributed by atoms with Gasteiger partial charge in [0.25, 0.3) is 11.8 Å². The number of halogens is 2. The Morgan fingerprint density at radius 2 is 1.74 bits per heavy atom. The maximum atomic E-state index is 17.5. The number of carbonyl (C=O) groups is 6. The number of fused-ring (bicyclic) bond motifs is 6. The molecule has 0 aliphatic carbocycles. The topological polar surface area (TPSA) is 247 Å². The standard InChI is InChI=1S/C57H60F2N10O11/c1-3-37-41(58)15-12-32-24-36(80-31-77-2)25-39(45(32)37)48-47(59)49-40(26-62-48)50(66-27-33-13-14-34(28-66)68(33)56(75)76)65-54(64-49)79-30-57-19-9-23-67(57)35(18-20-57)29-78-55(74)61-22-7-5-4-6-21-60-42-11-8-10-38-46(42)53(73)69(52(38)72)43-16-17-44(70)63-51(43)71/h1,8,10-12,15,24-26,33-35,43,60H,4-7,9,13-14,16-23,27-31H2,2H3,(H,61,74)(H,75,76)(H,63,70,71). The summed E-state index contributed by atoms with van der Waals surface area (Å²) in [5.41, 5.74) is 0.312. The summed E-state index contributed by atoms with van der Waals surface area (Å²) in [4.78, 5) is 96.9. The lowest BCUT2D eigenvalue weighted by Crippen LogP contribution is -2.55. The van der Waals surface area contributed by atoms with Crippen LogP contribution < -0.4 is 30.3 Å². The summed E-state index contributed by atoms with van der Waals surface area (Å²) < 4.78 is 56.0. The van der Waals surface area contributed by atoms with Crippen LogP contribution >= 0.6 is 0 Å². The highest BCUT2D eigenvalue weighted by Crippen LogP contribution is 2.44. The number of rotatable bonds is 19. The van der Waals surface area contributed by atoms with Crippen molar-refractivity contribution in [2.75, 3.05) is 70.1 Å². The zero-order chi connectivity index (χ0) is 55.8. The second kappa shape index (κ2) is 22.5. The van der Waals surface area contributed by atoms with Crippen molar-refractivity contribution in [3.63, 3.8) is 0 Å². The predicted octanol–water partition coefficient (Wildman–Crippen LogP) is 6.59. The smallest absolute Gasteiger partial charge is 0.407 e. The summed E-state index contributed by atoms with van der Waals surface area (Å²) in [7, 11) is 1.46. The lowest BCUT2D eigenvalue weighted by Gasteiger charge is -2.40. The van der Waals surface area contributed by atoms with Crippen LogP contribution in [-0.4, -0.2) is 160 Å². The molecule has 5 saturated heterocycles. The first kappa shape index (κ1) is 53.8. The van der Waals surface area contributed by atoms with Crippen LogP contribution in [0.5, 0.6) is 11.8 Å². The third kappa shape index (κ3) is 10.1. The van der Waals surface area contributed by atoms with E-state index in [2.05, 4.69) is 31.8 Å². The lowest BCUT2D eigenvalue weighted by atomic mass is 9.95. The molecule has 5 aromatic rings. The maximum Gasteiger partial charge on any atom is 0.407 e. The molecule has 0 radical (unpaired) electrons. The molecule has 6 aliphatic rings. The van der Waals surface area contributed by atoms with Crippen molar-refractivity contribution in [3.8, 4) is 35.4 Å². The summed E-state index contributed by atoms with van der Waals surface area (Å²) in [6.45, 7) is 2.52. The summed E-state index contributed by atoms with van der Waals surface area (Å²) in [5.74, 6) is -0.655. The van der Waals surface area contributed by atoms with Crippen molar-refractivity contribution < 1.29 is 61.6 Å². The molecule has 5 unspecified atom stereocenters. The van der Waals surface area contributed by atoms with Crippen LogP contribution in [0.4, 0.5) is 29.9 Å². The number of carboxylic acid groups (broad SMARTS) is 1. The Kier molecular flexibility index (Phi) is 15.1. The predicted molar refractivity (Wildman–Crippen MR) is 286 cm³/mol. The molecular formula is C57H60F2N10O11. The number of piperidine rings is 1. The molecule has 0 spiro atoms. The van der Waals surface area contributed by atoms with Gasteiger partial charge < -0.3 is 39.6 Å². The molecule has 21 nitrogen and oxygen atoms in total. The highest BCUT2D eigenvalue weighted by molar-refractivity contribution is 6.25. The van der Waals surface area contributed by atoms with Crippen molar-refractivity contribution >= 4 is 69.0 Å². The van der Waals surface area contributed by atoms with Gasteiger partial charge in [0.1, 0.15) is 47.9 Å². The molecule has 6 amide bonds. The summed E-state index contributed by atoms with van der Waals surface area (Å²) in [6.07, 6.45) is 13.5. The van der Waals surface area contributed by atoms with Crippen LogP contribution in [0.1, 0.15) is 103 Å². The number of imide groups is 2. The first-order valence-electron chi connectivity index (χ1n) is 27.1. The van der Waals surface area contributed by atoms with E-state index < -0.39 is 59.0 Å². The van der Waals surface area contributed by atoms with Crippen LogP contribution in [0.2, 0.25) is 0 Å². The molecule has 2 aromatic heterocycles. The summed E-state index contributed by atoms with van der Waals surface area (Å²) in [5, 5.41) is 19.4. The minimum absolute atomic E-state index is 0.0408. The Morgan fingerprint density at radius 1 is 0.938 bits per heavy atom. The van der Waals surface area contributed by atoms with Crippen molar-refractivity contribution in [1.82, 2.24) is 40.3 Å². The van der Waals surface area contributed by atoms with Gasteiger partial charge >= 0.3 is 18.2 Å². The fourth-order valence-electron chi connectivity index (χ4n) is 12.7. The minimum atomic E-state index is -1.04. The molecule has 3 aromatic carbocycles. The monoisotopic (exact) mass is 1100 g/mol. The van der Waals surface area contributed by atoms with Crippen molar-refractivity contribution in [2.45, 2.75) is 107 Å². The molecule has 0 saturated carbocycles. The van der Waals surface area contributed by atoms with Gasteiger partial charge in [0.05, 0.1) is 39.7 Å². The molecule has 80 heavy (non-hydrogen) atoms. The number of amides is 6. The largest absolute Gasteiger partial charge is 0.468 e. The number of hydrogen-bond acceptors (Lipinski definition) is 16. The van der Waals surface area contributed by atoms with Gasteiger partial charge in [-0.3, -0.25) is 44.2 Å². The average Bonchev–Trinajstić information content (AvgIpc) is 4.19. The number of terminal acetylenes is 1. The summed E-state index contributed by atoms with van der Waals surface area (Å²) >= 11 is 0. The van der Waals surface area contributed by atoms with Crippen LogP contribution in [0.15, 0.2) is 48.7 Å². The number of nitrogens with zero attached hydrogens (tertiary/aromatic N) is 7. The number of hydrogen-bond donors (Lipinski definition) is 4. The molecule has 11 rings (SSSR count). The fraction of sp³-hybridized carbons (Fsp3) is 0.456. The Bertz CT molecular complexity index is 3360. The molecule has 23 heteroatoms. The number of pyridine rings is 1. The van der Waals surface area contributed by atoms with Crippen molar-refractivity contribution in [3.05, 3.63) is 77.0 Å². The Hall–Kier alpha value is -8.23. The van der Waals surface area contributed by atoms with Gasteiger partial charge in [0, 0.05) is 68.6 Å². The highest BCUT2D eigenvalue weighted by Gasteiger charge is 2.51. The second-order valence-corrected chi connectivity index (χ2v) is 21.2. The molecule has 4 N–H and O–H groups in total. The first-order valence-corrected chi connectivity index (χ1v) is 27.1. The Labute approximate surface area is 458 Å². The van der Waals surface area contributed by atoms with E-state index in [-0.39, 0.29) is 101 Å². The van der Waals surface area contributed by atoms with Gasteiger partial charge in [-0.25, -0.2) is 18.4 Å². The van der Waals surface area contributed by atoms with Crippen LogP contribution in [-0.2, 0) is 19.1 Å². The zero-order valence-corrected chi connectivity index (χ0v) is 44.1. The number of carbonyl (C=O) groups excluding carboxylic acids is 5. The van der Waals surface area contributed by atoms with Crippen molar-refractivity contribution in [2.24, 2.45) is 0 Å². The zero-order valence-electron chi connectivity index (χ0n) is 44.1. The number of nitrogens with one attached hydrogen (secondary N) is 3. The Balaban J connectivity index is 0.717. The van der Waals surface area contributed by atoms with E-state index in [1.807, 2.05) is 4.90 Å². The van der Waals surface area contributed by atoms with E-state index >= 15 is 8.78 Å².